The van der Waals surface area contributed by atoms with E-state index in [4.69, 9.17) is 10.7 Å². The van der Waals surface area contributed by atoms with Crippen molar-refractivity contribution in [1.29, 1.82) is 10.7 Å². The van der Waals surface area contributed by atoms with Crippen LogP contribution >= 0.6 is 0 Å². The second-order valence-corrected chi connectivity index (χ2v) is 8.93. The van der Waals surface area contributed by atoms with Crippen LogP contribution in [0.3, 0.4) is 0 Å². The van der Waals surface area contributed by atoms with Gasteiger partial charge in [0.2, 0.25) is 0 Å². The lowest BCUT2D eigenvalue weighted by Gasteiger charge is -2.22. The molecule has 0 unspecified atom stereocenters. The Kier molecular flexibility index (Phi) is 7.15. The Bertz CT molecular complexity index is 1400. The second kappa shape index (κ2) is 10.5. The summed E-state index contributed by atoms with van der Waals surface area (Å²) < 4.78 is 27.4. The third-order valence-corrected chi connectivity index (χ3v) is 6.01. The second-order valence-electron chi connectivity index (χ2n) is 8.93. The van der Waals surface area contributed by atoms with Crippen LogP contribution in [-0.2, 0) is 24.3 Å². The smallest absolute Gasteiger partial charge is 0.319 e. The van der Waals surface area contributed by atoms with Crippen LogP contribution in [0.1, 0.15) is 29.2 Å². The van der Waals surface area contributed by atoms with E-state index >= 15 is 0 Å². The molecule has 1 aliphatic rings. The van der Waals surface area contributed by atoms with Crippen molar-refractivity contribution in [2.24, 2.45) is 0 Å². The largest absolute Gasteiger partial charge is 0.342 e. The highest BCUT2D eigenvalue weighted by atomic mass is 19.1. The standard InChI is InChI=1S/C27H24F2N6O2/c1-27(13-20-9-10-21(28)12-23(20)29)24(36)35(25(31)34-27)16-18-7-5-17(6-8-18)15-32-26(37)33-22-4-2-3-19(11-22)14-30/h2-12H,13,15-16H2,1H3,(H2,31,34)(H2,32,33,37)/t27-/m1/s1. The molecule has 188 valence electrons. The van der Waals surface area contributed by atoms with Crippen molar-refractivity contribution >= 4 is 23.6 Å². The number of halogens is 2. The van der Waals surface area contributed by atoms with Gasteiger partial charge < -0.3 is 16.0 Å². The first-order chi connectivity index (χ1) is 17.7. The number of amides is 3. The molecule has 1 saturated heterocycles. The molecule has 0 bridgehead atoms. The lowest BCUT2D eigenvalue weighted by atomic mass is 9.92. The summed E-state index contributed by atoms with van der Waals surface area (Å²) in [5.74, 6) is -1.92. The van der Waals surface area contributed by atoms with Crippen LogP contribution in [-0.4, -0.2) is 28.3 Å². The molecule has 1 heterocycles. The number of carbonyl (C=O) groups is 2. The first kappa shape index (κ1) is 25.3. The Morgan fingerprint density at radius 3 is 2.54 bits per heavy atom. The molecule has 8 nitrogen and oxygen atoms in total. The first-order valence-corrected chi connectivity index (χ1v) is 11.4. The number of anilines is 1. The highest BCUT2D eigenvalue weighted by molar-refractivity contribution is 6.07. The molecule has 4 N–H and O–H groups in total. The lowest BCUT2D eigenvalue weighted by Crippen LogP contribution is -2.46. The Balaban J connectivity index is 1.33. The normalized spacial score (nSPS) is 16.8. The van der Waals surface area contributed by atoms with E-state index in [2.05, 4.69) is 16.0 Å². The van der Waals surface area contributed by atoms with E-state index in [-0.39, 0.29) is 36.9 Å². The van der Waals surface area contributed by atoms with Gasteiger partial charge in [-0.3, -0.25) is 15.1 Å². The van der Waals surface area contributed by atoms with E-state index in [0.29, 0.717) is 11.3 Å². The van der Waals surface area contributed by atoms with Crippen LogP contribution in [0.15, 0.2) is 66.7 Å². The molecule has 0 aromatic heterocycles. The molecule has 0 radical (unpaired) electrons. The Morgan fingerprint density at radius 2 is 1.84 bits per heavy atom. The number of rotatable bonds is 7. The summed E-state index contributed by atoms with van der Waals surface area (Å²) in [6.07, 6.45) is -0.0374. The van der Waals surface area contributed by atoms with Gasteiger partial charge in [-0.15, -0.1) is 0 Å². The number of benzene rings is 3. The molecule has 4 rings (SSSR count). The van der Waals surface area contributed by atoms with Crippen molar-refractivity contribution < 1.29 is 18.4 Å². The number of nitrogens with zero attached hydrogens (tertiary/aromatic N) is 2. The van der Waals surface area contributed by atoms with Gasteiger partial charge in [0.1, 0.15) is 17.2 Å². The van der Waals surface area contributed by atoms with Crippen molar-refractivity contribution in [1.82, 2.24) is 15.5 Å². The number of nitrogens with one attached hydrogen (secondary N) is 4. The van der Waals surface area contributed by atoms with E-state index in [9.17, 15) is 18.4 Å². The predicted octanol–water partition coefficient (Wildman–Crippen LogP) is 4.03. The molecule has 3 aromatic rings. The minimum atomic E-state index is -1.24. The Hall–Kier alpha value is -4.78. The monoisotopic (exact) mass is 502 g/mol. The van der Waals surface area contributed by atoms with Gasteiger partial charge in [-0.1, -0.05) is 36.4 Å². The number of carbonyl (C=O) groups excluding carboxylic acids is 2. The minimum absolute atomic E-state index is 0.0374. The van der Waals surface area contributed by atoms with E-state index in [0.717, 1.165) is 23.3 Å². The third kappa shape index (κ3) is 5.90. The number of urea groups is 1. The maximum atomic E-state index is 14.1. The average Bonchev–Trinajstić information content (AvgIpc) is 3.08. The van der Waals surface area contributed by atoms with Crippen LogP contribution in [0.5, 0.6) is 0 Å². The third-order valence-electron chi connectivity index (χ3n) is 6.01. The van der Waals surface area contributed by atoms with Gasteiger partial charge in [0.15, 0.2) is 5.96 Å². The molecule has 1 fully saturated rings. The minimum Gasteiger partial charge on any atom is -0.342 e. The summed E-state index contributed by atoms with van der Waals surface area (Å²) in [7, 11) is 0. The molecule has 0 saturated carbocycles. The summed E-state index contributed by atoms with van der Waals surface area (Å²) in [5, 5.41) is 25.4. The molecule has 37 heavy (non-hydrogen) atoms. The zero-order chi connectivity index (χ0) is 26.6. The number of nitriles is 1. The van der Waals surface area contributed by atoms with Crippen LogP contribution in [0.2, 0.25) is 0 Å². The molecule has 3 amide bonds. The number of hydrogen-bond acceptors (Lipinski definition) is 4. The molecule has 0 spiro atoms. The highest BCUT2D eigenvalue weighted by Gasteiger charge is 2.46. The Morgan fingerprint density at radius 1 is 1.11 bits per heavy atom. The van der Waals surface area contributed by atoms with Crippen LogP contribution in [0, 0.1) is 28.4 Å². The zero-order valence-corrected chi connectivity index (χ0v) is 19.9. The predicted molar refractivity (Wildman–Crippen MR) is 133 cm³/mol. The number of hydrogen-bond donors (Lipinski definition) is 4. The molecule has 0 aliphatic carbocycles. The average molecular weight is 503 g/mol. The van der Waals surface area contributed by atoms with Gasteiger partial charge in [-0.2, -0.15) is 5.26 Å². The number of guanidine groups is 1. The topological polar surface area (TPSA) is 121 Å². The maximum absolute atomic E-state index is 14.1. The van der Waals surface area contributed by atoms with Crippen LogP contribution < -0.4 is 16.0 Å². The lowest BCUT2D eigenvalue weighted by molar-refractivity contribution is -0.130. The molecular formula is C27H24F2N6O2. The summed E-state index contributed by atoms with van der Waals surface area (Å²) in [4.78, 5) is 26.6. The van der Waals surface area contributed by atoms with E-state index in [1.807, 2.05) is 6.07 Å². The highest BCUT2D eigenvalue weighted by Crippen LogP contribution is 2.25. The SMILES string of the molecule is C[C@]1(Cc2ccc(F)cc2F)NC(=N)N(Cc2ccc(CNC(=O)Nc3cccc(C#N)c3)cc2)C1=O. The summed E-state index contributed by atoms with van der Waals surface area (Å²) in [6.45, 7) is 1.98. The molecule has 10 heteroatoms. The van der Waals surface area contributed by atoms with Crippen LogP contribution in [0.25, 0.3) is 0 Å². The van der Waals surface area contributed by atoms with Gasteiger partial charge >= 0.3 is 6.03 Å². The van der Waals surface area contributed by atoms with Gasteiger partial charge in [-0.25, -0.2) is 13.6 Å². The quantitative estimate of drug-likeness (QED) is 0.390. The van der Waals surface area contributed by atoms with Crippen LogP contribution in [0.4, 0.5) is 19.3 Å². The van der Waals surface area contributed by atoms with Gasteiger partial charge in [0, 0.05) is 24.7 Å². The fourth-order valence-corrected chi connectivity index (χ4v) is 4.07. The van der Waals surface area contributed by atoms with E-state index in [1.54, 1.807) is 55.5 Å². The van der Waals surface area contributed by atoms with E-state index < -0.39 is 23.2 Å². The molecular weight excluding hydrogens is 478 g/mol. The summed E-state index contributed by atoms with van der Waals surface area (Å²) >= 11 is 0. The summed E-state index contributed by atoms with van der Waals surface area (Å²) in [6, 6.07) is 18.6. The van der Waals surface area contributed by atoms with Crippen molar-refractivity contribution in [3.63, 3.8) is 0 Å². The molecule has 3 aromatic carbocycles. The zero-order valence-electron chi connectivity index (χ0n) is 19.9. The Labute approximate surface area is 212 Å². The fraction of sp³-hybridized carbons (Fsp3) is 0.185. The van der Waals surface area contributed by atoms with Gasteiger partial charge in [0.25, 0.3) is 5.91 Å². The van der Waals surface area contributed by atoms with Crippen molar-refractivity contribution in [2.75, 3.05) is 5.32 Å². The maximum Gasteiger partial charge on any atom is 0.319 e. The van der Waals surface area contributed by atoms with Crippen molar-refractivity contribution in [2.45, 2.75) is 32.0 Å². The fourth-order valence-electron chi connectivity index (χ4n) is 4.07. The van der Waals surface area contributed by atoms with Crippen molar-refractivity contribution in [3.8, 4) is 6.07 Å². The first-order valence-electron chi connectivity index (χ1n) is 11.4. The molecule has 1 atom stereocenters. The van der Waals surface area contributed by atoms with E-state index in [1.165, 1.54) is 11.0 Å². The molecule has 1 aliphatic heterocycles. The summed E-state index contributed by atoms with van der Waals surface area (Å²) in [5.41, 5.74) is 1.47. The van der Waals surface area contributed by atoms with Crippen molar-refractivity contribution in [3.05, 3.63) is 101 Å². The van der Waals surface area contributed by atoms with Gasteiger partial charge in [0.05, 0.1) is 18.2 Å². The van der Waals surface area contributed by atoms with Gasteiger partial charge in [-0.05, 0) is 47.9 Å².